The molecule has 0 unspecified atom stereocenters. The number of rotatable bonds is 7. The van der Waals surface area contributed by atoms with Crippen molar-refractivity contribution in [2.24, 2.45) is 0 Å². The number of hydrogen-bond donors (Lipinski definition) is 2. The first-order valence-electron chi connectivity index (χ1n) is 14.8. The summed E-state index contributed by atoms with van der Waals surface area (Å²) in [5.41, 5.74) is 4.58. The molecule has 0 spiro atoms. The molecule has 2 aromatic heterocycles. The standard InChI is InChI=1S/C35H33N5O4S/c1-3-44-34(42)27-11-7-8-12-29(27)38-35(43)40-19-17-39(18-20-40)31-16-14-26(22-36-31)37-33(41)32-23(2)28-21-25(13-15-30(28)45-32)24-9-5-4-6-10-24/h4-16,21-22H,3,17-20H2,1-2H3,(H,37,41)(H,38,43). The molecule has 0 atom stereocenters. The Hall–Kier alpha value is -5.22. The highest BCUT2D eigenvalue weighted by Gasteiger charge is 2.24. The van der Waals surface area contributed by atoms with Gasteiger partial charge >= 0.3 is 12.0 Å². The van der Waals surface area contributed by atoms with E-state index in [1.807, 2.05) is 37.3 Å². The van der Waals surface area contributed by atoms with E-state index in [9.17, 15) is 14.4 Å². The van der Waals surface area contributed by atoms with E-state index in [0.717, 1.165) is 32.6 Å². The number of amides is 3. The molecule has 1 saturated heterocycles. The number of piperazine rings is 1. The number of ether oxygens (including phenoxy) is 1. The monoisotopic (exact) mass is 619 g/mol. The summed E-state index contributed by atoms with van der Waals surface area (Å²) in [5.74, 6) is 0.140. The Kier molecular flexibility index (Phi) is 8.74. The van der Waals surface area contributed by atoms with Crippen LogP contribution in [0, 0.1) is 6.92 Å². The van der Waals surface area contributed by atoms with E-state index in [1.54, 1.807) is 42.3 Å². The van der Waals surface area contributed by atoms with Crippen molar-refractivity contribution in [3.8, 4) is 11.1 Å². The highest BCUT2D eigenvalue weighted by molar-refractivity contribution is 7.21. The van der Waals surface area contributed by atoms with Gasteiger partial charge in [-0.15, -0.1) is 11.3 Å². The lowest BCUT2D eigenvalue weighted by Crippen LogP contribution is -2.50. The Morgan fingerprint density at radius 2 is 1.62 bits per heavy atom. The maximum atomic E-state index is 13.3. The molecule has 3 amide bonds. The lowest BCUT2D eigenvalue weighted by atomic mass is 10.0. The van der Waals surface area contributed by atoms with Crippen LogP contribution in [0.4, 0.5) is 22.0 Å². The zero-order valence-corrected chi connectivity index (χ0v) is 25.9. The number of nitrogens with zero attached hydrogens (tertiary/aromatic N) is 3. The van der Waals surface area contributed by atoms with Crippen LogP contribution in [0.3, 0.4) is 0 Å². The lowest BCUT2D eigenvalue weighted by Gasteiger charge is -2.35. The van der Waals surface area contributed by atoms with E-state index < -0.39 is 5.97 Å². The van der Waals surface area contributed by atoms with Gasteiger partial charge in [-0.25, -0.2) is 14.6 Å². The second-order valence-electron chi connectivity index (χ2n) is 10.7. The molecule has 9 nitrogen and oxygen atoms in total. The molecule has 0 aliphatic carbocycles. The first-order chi connectivity index (χ1) is 21.9. The van der Waals surface area contributed by atoms with Crippen molar-refractivity contribution >= 4 is 56.5 Å². The SMILES string of the molecule is CCOC(=O)c1ccccc1NC(=O)N1CCN(c2ccc(NC(=O)c3sc4ccc(-c5ccccc5)cc4c3C)cn2)CC1. The molecule has 2 N–H and O–H groups in total. The number of hydrogen-bond acceptors (Lipinski definition) is 7. The summed E-state index contributed by atoms with van der Waals surface area (Å²) in [7, 11) is 0. The van der Waals surface area contributed by atoms with Gasteiger partial charge in [0.15, 0.2) is 0 Å². The van der Waals surface area contributed by atoms with Crippen molar-refractivity contribution in [3.63, 3.8) is 0 Å². The maximum absolute atomic E-state index is 13.3. The van der Waals surface area contributed by atoms with Gasteiger partial charge in [0, 0.05) is 30.9 Å². The van der Waals surface area contributed by atoms with Gasteiger partial charge in [0.05, 0.1) is 34.6 Å². The molecular formula is C35H33N5O4S. The zero-order valence-electron chi connectivity index (χ0n) is 25.1. The fourth-order valence-electron chi connectivity index (χ4n) is 5.39. The number of aryl methyl sites for hydroxylation is 1. The summed E-state index contributed by atoms with van der Waals surface area (Å²) >= 11 is 1.49. The van der Waals surface area contributed by atoms with Crippen molar-refractivity contribution in [3.05, 3.63) is 107 Å². The third-order valence-electron chi connectivity index (χ3n) is 7.81. The summed E-state index contributed by atoms with van der Waals surface area (Å²) in [4.78, 5) is 47.6. The largest absolute Gasteiger partial charge is 0.462 e. The number of urea groups is 1. The summed E-state index contributed by atoms with van der Waals surface area (Å²) in [5, 5.41) is 6.93. The molecule has 0 saturated carbocycles. The average molecular weight is 620 g/mol. The van der Waals surface area contributed by atoms with Crippen LogP contribution in [0.5, 0.6) is 0 Å². The number of pyridine rings is 1. The Labute approximate surface area is 265 Å². The zero-order chi connectivity index (χ0) is 31.3. The minimum Gasteiger partial charge on any atom is -0.462 e. The van der Waals surface area contributed by atoms with Crippen LogP contribution < -0.4 is 15.5 Å². The number of carbonyl (C=O) groups excluding carboxylic acids is 3. The average Bonchev–Trinajstić information content (AvgIpc) is 3.41. The van der Waals surface area contributed by atoms with Gasteiger partial charge in [-0.2, -0.15) is 0 Å². The fourth-order valence-corrected chi connectivity index (χ4v) is 6.48. The topological polar surface area (TPSA) is 104 Å². The summed E-state index contributed by atoms with van der Waals surface area (Å²) in [6, 6.07) is 26.8. The highest BCUT2D eigenvalue weighted by atomic mass is 32.1. The number of carbonyl (C=O) groups is 3. The second-order valence-corrected chi connectivity index (χ2v) is 11.7. The van der Waals surface area contributed by atoms with Gasteiger partial charge in [0.2, 0.25) is 0 Å². The van der Waals surface area contributed by atoms with Gasteiger partial charge in [0.1, 0.15) is 5.82 Å². The Morgan fingerprint density at radius 1 is 0.867 bits per heavy atom. The number of anilines is 3. The number of nitrogens with one attached hydrogen (secondary N) is 2. The number of benzene rings is 3. The summed E-state index contributed by atoms with van der Waals surface area (Å²) < 4.78 is 6.18. The normalized spacial score (nSPS) is 13.0. The number of fused-ring (bicyclic) bond motifs is 1. The first kappa shape index (κ1) is 29.8. The number of para-hydroxylation sites is 1. The van der Waals surface area contributed by atoms with E-state index >= 15 is 0 Å². The fraction of sp³-hybridized carbons (Fsp3) is 0.200. The van der Waals surface area contributed by atoms with Gasteiger partial charge < -0.3 is 25.2 Å². The van der Waals surface area contributed by atoms with Crippen LogP contribution in [0.25, 0.3) is 21.2 Å². The maximum Gasteiger partial charge on any atom is 0.340 e. The quantitative estimate of drug-likeness (QED) is 0.189. The molecule has 3 heterocycles. The van der Waals surface area contributed by atoms with Crippen LogP contribution in [-0.2, 0) is 4.74 Å². The van der Waals surface area contributed by atoms with Gasteiger partial charge in [0.25, 0.3) is 5.91 Å². The predicted octanol–water partition coefficient (Wildman–Crippen LogP) is 7.05. The third kappa shape index (κ3) is 6.51. The van der Waals surface area contributed by atoms with Crippen molar-refractivity contribution in [2.75, 3.05) is 48.3 Å². The van der Waals surface area contributed by atoms with Crippen molar-refractivity contribution in [2.45, 2.75) is 13.8 Å². The van der Waals surface area contributed by atoms with Crippen LogP contribution in [0.1, 0.15) is 32.5 Å². The van der Waals surface area contributed by atoms with Crippen molar-refractivity contribution < 1.29 is 19.1 Å². The molecular weight excluding hydrogens is 586 g/mol. The van der Waals surface area contributed by atoms with Gasteiger partial charge in [-0.3, -0.25) is 4.79 Å². The molecule has 3 aromatic carbocycles. The molecule has 10 heteroatoms. The van der Waals surface area contributed by atoms with E-state index in [2.05, 4.69) is 50.8 Å². The summed E-state index contributed by atoms with van der Waals surface area (Å²) in [6.07, 6.45) is 1.66. The molecule has 5 aromatic rings. The second kappa shape index (κ2) is 13.2. The van der Waals surface area contributed by atoms with Crippen LogP contribution in [-0.4, -0.2) is 60.6 Å². The van der Waals surface area contributed by atoms with Crippen molar-refractivity contribution in [1.29, 1.82) is 0 Å². The van der Waals surface area contributed by atoms with Gasteiger partial charge in [-0.1, -0.05) is 48.5 Å². The molecule has 1 aliphatic heterocycles. The number of thiophene rings is 1. The number of aromatic nitrogens is 1. The molecule has 228 valence electrons. The minimum atomic E-state index is -0.472. The molecule has 1 aliphatic rings. The lowest BCUT2D eigenvalue weighted by molar-refractivity contribution is 0.0527. The Bertz CT molecular complexity index is 1850. The van der Waals surface area contributed by atoms with E-state index in [0.29, 0.717) is 48.0 Å². The summed E-state index contributed by atoms with van der Waals surface area (Å²) in [6.45, 7) is 6.16. The molecule has 1 fully saturated rings. The van der Waals surface area contributed by atoms with Crippen molar-refractivity contribution in [1.82, 2.24) is 9.88 Å². The smallest absolute Gasteiger partial charge is 0.340 e. The highest BCUT2D eigenvalue weighted by Crippen LogP contribution is 2.34. The van der Waals surface area contributed by atoms with E-state index in [-0.39, 0.29) is 18.5 Å². The molecule has 6 rings (SSSR count). The molecule has 45 heavy (non-hydrogen) atoms. The molecule has 0 bridgehead atoms. The van der Waals surface area contributed by atoms with Gasteiger partial charge in [-0.05, 0) is 72.3 Å². The predicted molar refractivity (Wildman–Crippen MR) is 179 cm³/mol. The Balaban J connectivity index is 1.05. The first-order valence-corrected chi connectivity index (χ1v) is 15.7. The number of esters is 1. The van der Waals surface area contributed by atoms with Crippen LogP contribution >= 0.6 is 11.3 Å². The van der Waals surface area contributed by atoms with Crippen LogP contribution in [0.15, 0.2) is 91.1 Å². The van der Waals surface area contributed by atoms with E-state index in [1.165, 1.54) is 11.3 Å². The Morgan fingerprint density at radius 3 is 2.36 bits per heavy atom. The van der Waals surface area contributed by atoms with E-state index in [4.69, 9.17) is 4.74 Å². The molecule has 0 radical (unpaired) electrons. The third-order valence-corrected chi connectivity index (χ3v) is 9.08. The minimum absolute atomic E-state index is 0.159. The van der Waals surface area contributed by atoms with Crippen LogP contribution in [0.2, 0.25) is 0 Å².